The molecular formula is C12H24O3. The van der Waals surface area contributed by atoms with Crippen LogP contribution in [0.25, 0.3) is 0 Å². The van der Waals surface area contributed by atoms with Crippen LogP contribution in [0.3, 0.4) is 0 Å². The summed E-state index contributed by atoms with van der Waals surface area (Å²) < 4.78 is 16.5. The summed E-state index contributed by atoms with van der Waals surface area (Å²) in [6.45, 7) is 9.56. The molecule has 0 aromatic carbocycles. The standard InChI is InChI=1S/C12H24O3/c1-4-10(12-9-15-12)7-13-8-11(5-2)14-6-3/h10-12H,4-9H2,1-3H3. The Morgan fingerprint density at radius 1 is 1.20 bits per heavy atom. The topological polar surface area (TPSA) is 31.0 Å². The third-order valence-corrected chi connectivity index (χ3v) is 2.90. The summed E-state index contributed by atoms with van der Waals surface area (Å²) in [5.74, 6) is 0.573. The summed E-state index contributed by atoms with van der Waals surface area (Å²) in [6, 6.07) is 0. The van der Waals surface area contributed by atoms with E-state index < -0.39 is 0 Å². The molecule has 90 valence electrons. The number of hydrogen-bond donors (Lipinski definition) is 0. The maximum absolute atomic E-state index is 5.69. The molecule has 1 aliphatic heterocycles. The van der Waals surface area contributed by atoms with Crippen molar-refractivity contribution >= 4 is 0 Å². The van der Waals surface area contributed by atoms with Crippen molar-refractivity contribution in [1.82, 2.24) is 0 Å². The lowest BCUT2D eigenvalue weighted by Gasteiger charge is -2.17. The summed E-state index contributed by atoms with van der Waals surface area (Å²) >= 11 is 0. The Labute approximate surface area is 93.1 Å². The van der Waals surface area contributed by atoms with E-state index in [-0.39, 0.29) is 6.10 Å². The zero-order valence-corrected chi connectivity index (χ0v) is 10.2. The molecule has 0 amide bonds. The van der Waals surface area contributed by atoms with Gasteiger partial charge in [-0.2, -0.15) is 0 Å². The molecule has 0 aliphatic carbocycles. The van der Waals surface area contributed by atoms with Gasteiger partial charge in [0, 0.05) is 12.5 Å². The normalized spacial score (nSPS) is 23.8. The van der Waals surface area contributed by atoms with E-state index in [0.717, 1.165) is 32.7 Å². The first-order chi connectivity index (χ1) is 7.31. The van der Waals surface area contributed by atoms with Crippen LogP contribution in [0.4, 0.5) is 0 Å². The highest BCUT2D eigenvalue weighted by atomic mass is 16.6. The molecule has 0 aromatic heterocycles. The third-order valence-electron chi connectivity index (χ3n) is 2.90. The molecule has 15 heavy (non-hydrogen) atoms. The van der Waals surface area contributed by atoms with Crippen molar-refractivity contribution < 1.29 is 14.2 Å². The molecule has 0 aromatic rings. The fourth-order valence-corrected chi connectivity index (χ4v) is 1.69. The average molecular weight is 216 g/mol. The van der Waals surface area contributed by atoms with Crippen LogP contribution in [-0.4, -0.2) is 38.6 Å². The first kappa shape index (κ1) is 12.9. The number of rotatable bonds is 9. The van der Waals surface area contributed by atoms with Gasteiger partial charge in [-0.1, -0.05) is 13.8 Å². The Bertz CT molecular complexity index is 157. The van der Waals surface area contributed by atoms with E-state index in [2.05, 4.69) is 13.8 Å². The van der Waals surface area contributed by atoms with Gasteiger partial charge < -0.3 is 14.2 Å². The SMILES string of the molecule is CCOC(CC)COCC(CC)C1CO1. The lowest BCUT2D eigenvalue weighted by molar-refractivity contribution is -0.0241. The van der Waals surface area contributed by atoms with Gasteiger partial charge >= 0.3 is 0 Å². The number of epoxide rings is 1. The van der Waals surface area contributed by atoms with Gasteiger partial charge in [-0.05, 0) is 19.8 Å². The summed E-state index contributed by atoms with van der Waals surface area (Å²) in [6.07, 6.45) is 2.87. The van der Waals surface area contributed by atoms with Crippen LogP contribution in [0, 0.1) is 5.92 Å². The second kappa shape index (κ2) is 7.20. The van der Waals surface area contributed by atoms with E-state index in [0.29, 0.717) is 18.6 Å². The maximum atomic E-state index is 5.69. The minimum atomic E-state index is 0.257. The van der Waals surface area contributed by atoms with Gasteiger partial charge in [0.05, 0.1) is 32.0 Å². The Kier molecular flexibility index (Phi) is 6.22. The van der Waals surface area contributed by atoms with E-state index in [9.17, 15) is 0 Å². The maximum Gasteiger partial charge on any atom is 0.0859 e. The Morgan fingerprint density at radius 2 is 1.93 bits per heavy atom. The fourth-order valence-electron chi connectivity index (χ4n) is 1.69. The van der Waals surface area contributed by atoms with Gasteiger partial charge in [-0.15, -0.1) is 0 Å². The lowest BCUT2D eigenvalue weighted by Crippen LogP contribution is -2.23. The van der Waals surface area contributed by atoms with Crippen molar-refractivity contribution in [2.45, 2.75) is 45.8 Å². The smallest absolute Gasteiger partial charge is 0.0859 e. The number of hydrogen-bond acceptors (Lipinski definition) is 3. The van der Waals surface area contributed by atoms with Crippen LogP contribution >= 0.6 is 0 Å². The summed E-state index contributed by atoms with van der Waals surface area (Å²) in [5.41, 5.74) is 0. The van der Waals surface area contributed by atoms with Crippen molar-refractivity contribution in [3.05, 3.63) is 0 Å². The zero-order chi connectivity index (χ0) is 11.1. The molecule has 0 saturated carbocycles. The molecule has 1 fully saturated rings. The summed E-state index contributed by atoms with van der Waals surface area (Å²) in [7, 11) is 0. The lowest BCUT2D eigenvalue weighted by atomic mass is 10.0. The van der Waals surface area contributed by atoms with Crippen LogP contribution < -0.4 is 0 Å². The van der Waals surface area contributed by atoms with Gasteiger partial charge in [0.15, 0.2) is 0 Å². The zero-order valence-electron chi connectivity index (χ0n) is 10.2. The fraction of sp³-hybridized carbons (Fsp3) is 1.00. The molecule has 0 N–H and O–H groups in total. The van der Waals surface area contributed by atoms with Crippen LogP contribution in [0.5, 0.6) is 0 Å². The molecular weight excluding hydrogens is 192 g/mol. The van der Waals surface area contributed by atoms with Gasteiger partial charge in [0.1, 0.15) is 0 Å². The Morgan fingerprint density at radius 3 is 2.40 bits per heavy atom. The molecule has 3 atom stereocenters. The minimum absolute atomic E-state index is 0.257. The second-order valence-electron chi connectivity index (χ2n) is 4.06. The van der Waals surface area contributed by atoms with Crippen molar-refractivity contribution in [2.75, 3.05) is 26.4 Å². The van der Waals surface area contributed by atoms with Crippen LogP contribution in [0.15, 0.2) is 0 Å². The molecule has 3 nitrogen and oxygen atoms in total. The monoisotopic (exact) mass is 216 g/mol. The predicted octanol–water partition coefficient (Wildman–Crippen LogP) is 2.24. The first-order valence-electron chi connectivity index (χ1n) is 6.12. The highest BCUT2D eigenvalue weighted by molar-refractivity contribution is 4.77. The largest absolute Gasteiger partial charge is 0.378 e. The quantitative estimate of drug-likeness (QED) is 0.554. The predicted molar refractivity (Wildman–Crippen MR) is 60.0 cm³/mol. The highest BCUT2D eigenvalue weighted by Gasteiger charge is 2.31. The molecule has 3 heteroatoms. The van der Waals surface area contributed by atoms with Gasteiger partial charge in [0.25, 0.3) is 0 Å². The van der Waals surface area contributed by atoms with E-state index in [1.807, 2.05) is 6.92 Å². The van der Waals surface area contributed by atoms with Crippen LogP contribution in [-0.2, 0) is 14.2 Å². The first-order valence-corrected chi connectivity index (χ1v) is 6.12. The summed E-state index contributed by atoms with van der Waals surface area (Å²) in [5, 5.41) is 0. The average Bonchev–Trinajstić information content (AvgIpc) is 3.06. The summed E-state index contributed by atoms with van der Waals surface area (Å²) in [4.78, 5) is 0. The van der Waals surface area contributed by atoms with E-state index in [1.165, 1.54) is 0 Å². The van der Waals surface area contributed by atoms with Gasteiger partial charge in [0.2, 0.25) is 0 Å². The molecule has 1 heterocycles. The van der Waals surface area contributed by atoms with Crippen molar-refractivity contribution in [3.63, 3.8) is 0 Å². The third kappa shape index (κ3) is 4.96. The molecule has 0 bridgehead atoms. The Hall–Kier alpha value is -0.120. The van der Waals surface area contributed by atoms with Crippen molar-refractivity contribution in [1.29, 1.82) is 0 Å². The van der Waals surface area contributed by atoms with Crippen molar-refractivity contribution in [2.24, 2.45) is 5.92 Å². The van der Waals surface area contributed by atoms with E-state index in [1.54, 1.807) is 0 Å². The van der Waals surface area contributed by atoms with Gasteiger partial charge in [-0.25, -0.2) is 0 Å². The molecule has 0 radical (unpaired) electrons. The van der Waals surface area contributed by atoms with Gasteiger partial charge in [-0.3, -0.25) is 0 Å². The minimum Gasteiger partial charge on any atom is -0.378 e. The Balaban J connectivity index is 2.07. The molecule has 1 rings (SSSR count). The second-order valence-corrected chi connectivity index (χ2v) is 4.06. The molecule has 1 saturated heterocycles. The van der Waals surface area contributed by atoms with E-state index >= 15 is 0 Å². The molecule has 1 aliphatic rings. The molecule has 3 unspecified atom stereocenters. The number of ether oxygens (including phenoxy) is 3. The highest BCUT2D eigenvalue weighted by Crippen LogP contribution is 2.23. The van der Waals surface area contributed by atoms with Crippen LogP contribution in [0.2, 0.25) is 0 Å². The molecule has 0 spiro atoms. The van der Waals surface area contributed by atoms with E-state index in [4.69, 9.17) is 14.2 Å². The van der Waals surface area contributed by atoms with Crippen LogP contribution in [0.1, 0.15) is 33.6 Å². The van der Waals surface area contributed by atoms with Crippen molar-refractivity contribution in [3.8, 4) is 0 Å².